The number of hydrogen-bond acceptors (Lipinski definition) is 7. The maximum atomic E-state index is 12.2. The maximum absolute atomic E-state index is 12.2. The fraction of sp³-hybridized carbons (Fsp3) is 0.556. The molecule has 1 aliphatic rings. The molecule has 3 rings (SSSR count). The minimum absolute atomic E-state index is 0.000641. The first-order valence-electron chi connectivity index (χ1n) is 8.91. The second-order valence-electron chi connectivity index (χ2n) is 6.55. The molecule has 1 atom stereocenters. The van der Waals surface area contributed by atoms with Crippen LogP contribution in [0.15, 0.2) is 6.33 Å². The largest absolute Gasteiger partial charge is 0.462 e. The van der Waals surface area contributed by atoms with Gasteiger partial charge in [-0.05, 0) is 38.2 Å². The Labute approximate surface area is 156 Å². The van der Waals surface area contributed by atoms with Crippen LogP contribution in [0.1, 0.15) is 41.9 Å². The van der Waals surface area contributed by atoms with Crippen LogP contribution in [0.3, 0.4) is 0 Å². The van der Waals surface area contributed by atoms with Crippen molar-refractivity contribution in [3.05, 3.63) is 16.8 Å². The van der Waals surface area contributed by atoms with Gasteiger partial charge in [0.1, 0.15) is 21.9 Å². The smallest absolute Gasteiger partial charge is 0.348 e. The van der Waals surface area contributed by atoms with Gasteiger partial charge in [0.2, 0.25) is 5.91 Å². The Hall–Kier alpha value is -2.22. The van der Waals surface area contributed by atoms with Gasteiger partial charge in [0.15, 0.2) is 0 Å². The van der Waals surface area contributed by atoms with Crippen molar-refractivity contribution >= 4 is 39.2 Å². The van der Waals surface area contributed by atoms with E-state index in [2.05, 4.69) is 20.2 Å². The van der Waals surface area contributed by atoms with E-state index in [1.807, 2.05) is 6.92 Å². The molecule has 3 heterocycles. The van der Waals surface area contributed by atoms with Crippen molar-refractivity contribution in [2.24, 2.45) is 5.92 Å². The minimum atomic E-state index is -0.305. The fourth-order valence-corrected chi connectivity index (χ4v) is 4.43. The number of carbonyl (C=O) groups is 2. The normalized spacial score (nSPS) is 17.3. The molecule has 1 N–H and O–H groups in total. The zero-order valence-electron chi connectivity index (χ0n) is 15.4. The maximum Gasteiger partial charge on any atom is 0.348 e. The number of aromatic nitrogens is 2. The quantitative estimate of drug-likeness (QED) is 0.807. The highest BCUT2D eigenvalue weighted by atomic mass is 32.1. The average Bonchev–Trinajstić information content (AvgIpc) is 2.97. The molecule has 0 aromatic carbocycles. The summed E-state index contributed by atoms with van der Waals surface area (Å²) in [6.07, 6.45) is 3.69. The van der Waals surface area contributed by atoms with Gasteiger partial charge in [0, 0.05) is 26.6 Å². The number of nitrogens with zero attached hydrogens (tertiary/aromatic N) is 3. The molecule has 7 nitrogen and oxygen atoms in total. The van der Waals surface area contributed by atoms with Gasteiger partial charge in [0.05, 0.1) is 12.0 Å². The van der Waals surface area contributed by atoms with Crippen LogP contribution >= 0.6 is 11.3 Å². The molecule has 1 aliphatic heterocycles. The van der Waals surface area contributed by atoms with E-state index in [1.54, 1.807) is 20.2 Å². The summed E-state index contributed by atoms with van der Waals surface area (Å²) in [5.74, 6) is 0.952. The van der Waals surface area contributed by atoms with E-state index < -0.39 is 0 Å². The van der Waals surface area contributed by atoms with Crippen molar-refractivity contribution in [1.29, 1.82) is 0 Å². The summed E-state index contributed by atoms with van der Waals surface area (Å²) < 4.78 is 5.16. The highest BCUT2D eigenvalue weighted by Crippen LogP contribution is 2.36. The van der Waals surface area contributed by atoms with Crippen LogP contribution in [0.4, 0.5) is 5.82 Å². The molecule has 0 aliphatic carbocycles. The zero-order chi connectivity index (χ0) is 18.7. The van der Waals surface area contributed by atoms with E-state index >= 15 is 0 Å². The lowest BCUT2D eigenvalue weighted by molar-refractivity contribution is -0.119. The van der Waals surface area contributed by atoms with Crippen LogP contribution in [-0.2, 0) is 9.53 Å². The average molecular weight is 376 g/mol. The van der Waals surface area contributed by atoms with Gasteiger partial charge in [-0.3, -0.25) is 4.79 Å². The molecule has 140 valence electrons. The number of ether oxygens (including phenoxy) is 1. The van der Waals surface area contributed by atoms with Crippen LogP contribution in [0.2, 0.25) is 0 Å². The van der Waals surface area contributed by atoms with E-state index in [0.29, 0.717) is 23.9 Å². The summed E-state index contributed by atoms with van der Waals surface area (Å²) in [7, 11) is 0. The molecular weight excluding hydrogens is 352 g/mol. The van der Waals surface area contributed by atoms with Crippen LogP contribution in [0, 0.1) is 12.8 Å². The molecule has 8 heteroatoms. The van der Waals surface area contributed by atoms with Gasteiger partial charge >= 0.3 is 5.97 Å². The summed E-state index contributed by atoms with van der Waals surface area (Å²) in [6.45, 7) is 8.04. The van der Waals surface area contributed by atoms with Crippen LogP contribution in [0.5, 0.6) is 0 Å². The number of esters is 1. The van der Waals surface area contributed by atoms with Gasteiger partial charge < -0.3 is 15.0 Å². The summed E-state index contributed by atoms with van der Waals surface area (Å²) in [5, 5.41) is 3.84. The Balaban J connectivity index is 1.89. The first kappa shape index (κ1) is 18.6. The molecule has 1 unspecified atom stereocenters. The van der Waals surface area contributed by atoms with Crippen LogP contribution < -0.4 is 10.2 Å². The number of nitrogens with one attached hydrogen (secondary N) is 1. The second kappa shape index (κ2) is 7.99. The molecule has 0 radical (unpaired) electrons. The van der Waals surface area contributed by atoms with Gasteiger partial charge in [-0.1, -0.05) is 0 Å². The van der Waals surface area contributed by atoms with Crippen LogP contribution in [-0.4, -0.2) is 48.1 Å². The topological polar surface area (TPSA) is 84.4 Å². The van der Waals surface area contributed by atoms with Crippen molar-refractivity contribution < 1.29 is 14.3 Å². The molecule has 2 aromatic rings. The lowest BCUT2D eigenvalue weighted by Gasteiger charge is -2.34. The number of piperidine rings is 1. The molecule has 1 saturated heterocycles. The van der Waals surface area contributed by atoms with Crippen molar-refractivity contribution in [2.75, 3.05) is 31.1 Å². The van der Waals surface area contributed by atoms with Gasteiger partial charge in [-0.15, -0.1) is 11.3 Å². The Morgan fingerprint density at radius 3 is 2.96 bits per heavy atom. The first-order chi connectivity index (χ1) is 12.5. The van der Waals surface area contributed by atoms with Gasteiger partial charge in [-0.25, -0.2) is 14.8 Å². The minimum Gasteiger partial charge on any atom is -0.462 e. The zero-order valence-corrected chi connectivity index (χ0v) is 16.2. The van der Waals surface area contributed by atoms with E-state index in [9.17, 15) is 9.59 Å². The SMILES string of the molecule is CCOC(=O)c1sc2ncnc(N3CCCC(CNC(C)=O)C3)c2c1C. The van der Waals surface area contributed by atoms with E-state index in [4.69, 9.17) is 4.74 Å². The van der Waals surface area contributed by atoms with E-state index in [1.165, 1.54) is 11.3 Å². The molecule has 1 fully saturated rings. The Morgan fingerprint density at radius 1 is 1.42 bits per heavy atom. The summed E-state index contributed by atoms with van der Waals surface area (Å²) in [5.41, 5.74) is 0.878. The molecule has 26 heavy (non-hydrogen) atoms. The van der Waals surface area contributed by atoms with Crippen LogP contribution in [0.25, 0.3) is 10.2 Å². The highest BCUT2D eigenvalue weighted by molar-refractivity contribution is 7.20. The standard InChI is InChI=1S/C18H24N4O3S/c1-4-25-18(24)15-11(2)14-16(20-10-21-17(14)26-15)22-7-5-6-13(9-22)8-19-12(3)23/h10,13H,4-9H2,1-3H3,(H,19,23). The lowest BCUT2D eigenvalue weighted by atomic mass is 9.97. The third kappa shape index (κ3) is 3.80. The number of rotatable bonds is 5. The van der Waals surface area contributed by atoms with Crippen molar-refractivity contribution in [3.63, 3.8) is 0 Å². The molecule has 0 spiro atoms. The predicted molar refractivity (Wildman–Crippen MR) is 102 cm³/mol. The number of amides is 1. The van der Waals surface area contributed by atoms with Gasteiger partial charge in [0.25, 0.3) is 0 Å². The number of aryl methyl sites for hydroxylation is 1. The third-order valence-electron chi connectivity index (χ3n) is 4.63. The molecule has 1 amide bonds. The van der Waals surface area contributed by atoms with Gasteiger partial charge in [-0.2, -0.15) is 0 Å². The predicted octanol–water partition coefficient (Wildman–Crippen LogP) is 2.53. The summed E-state index contributed by atoms with van der Waals surface area (Å²) in [6, 6.07) is 0. The third-order valence-corrected chi connectivity index (χ3v) is 5.81. The number of anilines is 1. The highest BCUT2D eigenvalue weighted by Gasteiger charge is 2.26. The number of carbonyl (C=O) groups excluding carboxylic acids is 2. The monoisotopic (exact) mass is 376 g/mol. The summed E-state index contributed by atoms with van der Waals surface area (Å²) in [4.78, 5) is 35.9. The Kier molecular flexibility index (Phi) is 5.70. The first-order valence-corrected chi connectivity index (χ1v) is 9.73. The van der Waals surface area contributed by atoms with Crippen molar-refractivity contribution in [1.82, 2.24) is 15.3 Å². The van der Waals surface area contributed by atoms with E-state index in [0.717, 1.165) is 47.5 Å². The molecule has 0 saturated carbocycles. The molecular formula is C18H24N4O3S. The number of hydrogen-bond donors (Lipinski definition) is 1. The Morgan fingerprint density at radius 2 is 2.23 bits per heavy atom. The van der Waals surface area contributed by atoms with E-state index in [-0.39, 0.29) is 11.9 Å². The van der Waals surface area contributed by atoms with Crippen molar-refractivity contribution in [3.8, 4) is 0 Å². The number of fused-ring (bicyclic) bond motifs is 1. The summed E-state index contributed by atoms with van der Waals surface area (Å²) >= 11 is 1.36. The molecule has 2 aromatic heterocycles. The fourth-order valence-electron chi connectivity index (χ4n) is 3.40. The molecule has 0 bridgehead atoms. The van der Waals surface area contributed by atoms with Crippen molar-refractivity contribution in [2.45, 2.75) is 33.6 Å². The second-order valence-corrected chi connectivity index (χ2v) is 7.54. The lowest BCUT2D eigenvalue weighted by Crippen LogP contribution is -2.41. The number of thiophene rings is 1. The Bertz CT molecular complexity index is 820.